The molecule has 208 valence electrons. The first-order valence-corrected chi connectivity index (χ1v) is 13.2. The highest BCUT2D eigenvalue weighted by atomic mass is 19.4. The molecule has 0 bridgehead atoms. The molecule has 0 radical (unpaired) electrons. The first kappa shape index (κ1) is 30.3. The van der Waals surface area contributed by atoms with Crippen LogP contribution >= 0.6 is 0 Å². The van der Waals surface area contributed by atoms with Crippen molar-refractivity contribution in [1.82, 2.24) is 4.90 Å². The Morgan fingerprint density at radius 2 is 1.86 bits per heavy atom. The molecular formula is C27H41F3N4O3. The molecule has 0 spiro atoms. The summed E-state index contributed by atoms with van der Waals surface area (Å²) in [5, 5.41) is 16.3. The smallest absolute Gasteiger partial charge is 0.419 e. The first-order chi connectivity index (χ1) is 17.7. The Morgan fingerprint density at radius 1 is 1.16 bits per heavy atom. The number of nitrogens with two attached hydrogens (primary N) is 1. The number of allylic oxidation sites excluding steroid dienone is 1. The third kappa shape index (κ3) is 9.48. The maximum absolute atomic E-state index is 13.8. The Hall–Kier alpha value is -2.91. The molecule has 0 amide bonds. The van der Waals surface area contributed by atoms with Gasteiger partial charge in [-0.05, 0) is 62.4 Å². The number of rotatable bonds is 14. The van der Waals surface area contributed by atoms with Gasteiger partial charge in [-0.25, -0.2) is 0 Å². The number of nitrogens with zero attached hydrogens (tertiary/aromatic N) is 3. The molecule has 1 fully saturated rings. The minimum atomic E-state index is -4.56. The molecular weight excluding hydrogens is 485 g/mol. The summed E-state index contributed by atoms with van der Waals surface area (Å²) in [5.74, 6) is 0.315. The van der Waals surface area contributed by atoms with Gasteiger partial charge in [-0.15, -0.1) is 0 Å². The van der Waals surface area contributed by atoms with Gasteiger partial charge in [-0.1, -0.05) is 62.7 Å². The summed E-state index contributed by atoms with van der Waals surface area (Å²) < 4.78 is 46.9. The Bertz CT molecular complexity index is 932. The largest absolute Gasteiger partial charge is 0.493 e. The lowest BCUT2D eigenvalue weighted by Gasteiger charge is -2.25. The molecule has 0 aliphatic carbocycles. The maximum Gasteiger partial charge on any atom is 0.419 e. The van der Waals surface area contributed by atoms with Crippen molar-refractivity contribution in [2.75, 3.05) is 13.2 Å². The minimum Gasteiger partial charge on any atom is -0.493 e. The van der Waals surface area contributed by atoms with Crippen LogP contribution in [0, 0.1) is 0 Å². The number of ether oxygens (including phenoxy) is 1. The molecule has 0 saturated carbocycles. The van der Waals surface area contributed by atoms with Crippen molar-refractivity contribution < 1.29 is 28.0 Å². The van der Waals surface area contributed by atoms with E-state index in [0.29, 0.717) is 24.4 Å². The van der Waals surface area contributed by atoms with Gasteiger partial charge in [0.1, 0.15) is 5.75 Å². The Balaban J connectivity index is 2.08. The third-order valence-corrected chi connectivity index (χ3v) is 6.38. The summed E-state index contributed by atoms with van der Waals surface area (Å²) in [6.45, 7) is 6.53. The van der Waals surface area contributed by atoms with Gasteiger partial charge in [-0.2, -0.15) is 13.2 Å². The van der Waals surface area contributed by atoms with Crippen LogP contribution in [0.25, 0.3) is 0 Å². The lowest BCUT2D eigenvalue weighted by molar-refractivity contribution is -0.139. The van der Waals surface area contributed by atoms with Gasteiger partial charge in [-0.3, -0.25) is 0 Å². The molecule has 1 aliphatic heterocycles. The van der Waals surface area contributed by atoms with E-state index in [4.69, 9.17) is 20.5 Å². The molecule has 1 aromatic rings. The van der Waals surface area contributed by atoms with Gasteiger partial charge >= 0.3 is 6.18 Å². The van der Waals surface area contributed by atoms with Gasteiger partial charge in [0.25, 0.3) is 0 Å². The highest BCUT2D eigenvalue weighted by molar-refractivity contribution is 5.98. The highest BCUT2D eigenvalue weighted by Gasteiger charge is 2.35. The minimum absolute atomic E-state index is 0.0179. The van der Waals surface area contributed by atoms with Gasteiger partial charge in [0.15, 0.2) is 5.76 Å². The molecule has 1 atom stereocenters. The summed E-state index contributed by atoms with van der Waals surface area (Å²) in [6, 6.07) is 3.68. The molecule has 0 unspecified atom stereocenters. The van der Waals surface area contributed by atoms with E-state index in [1.54, 1.807) is 17.9 Å². The van der Waals surface area contributed by atoms with E-state index in [1.807, 2.05) is 13.0 Å². The highest BCUT2D eigenvalue weighted by Crippen LogP contribution is 2.37. The number of unbranched alkanes of at least 4 members (excludes halogenated alkanes) is 6. The van der Waals surface area contributed by atoms with Crippen LogP contribution in [-0.2, 0) is 11.0 Å². The fraction of sp³-hybridized carbons (Fsp3) is 0.630. The van der Waals surface area contributed by atoms with Crippen molar-refractivity contribution in [3.8, 4) is 5.75 Å². The SMILES string of the molecule is CC/C=C(/O/N=C(\C)c1ccc(OCCCCCCCCC)c(C(F)(F)F)c1)[C@@H]1CCCN1/C(N)=N/O. The van der Waals surface area contributed by atoms with Crippen molar-refractivity contribution in [2.24, 2.45) is 16.0 Å². The van der Waals surface area contributed by atoms with Gasteiger partial charge in [0.2, 0.25) is 5.96 Å². The summed E-state index contributed by atoms with van der Waals surface area (Å²) in [4.78, 5) is 7.41. The molecule has 1 heterocycles. The molecule has 1 aliphatic rings. The van der Waals surface area contributed by atoms with E-state index in [1.165, 1.54) is 25.3 Å². The molecule has 0 aromatic heterocycles. The van der Waals surface area contributed by atoms with E-state index in [9.17, 15) is 13.2 Å². The Morgan fingerprint density at radius 3 is 2.51 bits per heavy atom. The average molecular weight is 527 g/mol. The van der Waals surface area contributed by atoms with E-state index in [2.05, 4.69) is 17.2 Å². The number of hydrogen-bond acceptors (Lipinski definition) is 5. The summed E-state index contributed by atoms with van der Waals surface area (Å²) in [7, 11) is 0. The number of oxime groups is 2. The lowest BCUT2D eigenvalue weighted by atomic mass is 10.1. The quantitative estimate of drug-likeness (QED) is 0.0677. The zero-order valence-electron chi connectivity index (χ0n) is 22.2. The topological polar surface area (TPSA) is 92.7 Å². The van der Waals surface area contributed by atoms with Crippen molar-refractivity contribution in [1.29, 1.82) is 0 Å². The van der Waals surface area contributed by atoms with Crippen LogP contribution in [-0.4, -0.2) is 41.0 Å². The van der Waals surface area contributed by atoms with E-state index in [0.717, 1.165) is 44.6 Å². The summed E-state index contributed by atoms with van der Waals surface area (Å²) in [6.07, 6.45) is 6.94. The predicted octanol–water partition coefficient (Wildman–Crippen LogP) is 7.04. The average Bonchev–Trinajstić information content (AvgIpc) is 3.36. The van der Waals surface area contributed by atoms with Gasteiger partial charge in [0.05, 0.1) is 23.9 Å². The number of benzene rings is 1. The van der Waals surface area contributed by atoms with Crippen LogP contribution in [0.5, 0.6) is 5.75 Å². The fourth-order valence-corrected chi connectivity index (χ4v) is 4.35. The monoisotopic (exact) mass is 526 g/mol. The predicted molar refractivity (Wildman–Crippen MR) is 140 cm³/mol. The van der Waals surface area contributed by atoms with Crippen LogP contribution in [0.2, 0.25) is 0 Å². The molecule has 3 N–H and O–H groups in total. The van der Waals surface area contributed by atoms with E-state index >= 15 is 0 Å². The number of alkyl halides is 3. The fourth-order valence-electron chi connectivity index (χ4n) is 4.35. The number of halogens is 3. The molecule has 37 heavy (non-hydrogen) atoms. The molecule has 10 heteroatoms. The van der Waals surface area contributed by atoms with Crippen LogP contribution in [0.15, 0.2) is 40.3 Å². The molecule has 7 nitrogen and oxygen atoms in total. The molecule has 1 saturated heterocycles. The summed E-state index contributed by atoms with van der Waals surface area (Å²) >= 11 is 0. The first-order valence-electron chi connectivity index (χ1n) is 13.2. The molecule has 2 rings (SSSR count). The standard InChI is InChI=1S/C27H41F3N4O3/c1-4-6-7-8-9-10-11-18-36-24-16-15-21(19-22(24)27(28,29)30)20(3)33-37-25(13-5-2)23-14-12-17-34(23)26(31)32-35/h13,15-16,19,23,35H,4-12,14,17-18H2,1-3H3,(H2,31,32)/b25-13+,33-20+/t23-/m0/s1. The van der Waals surface area contributed by atoms with Crippen molar-refractivity contribution in [3.63, 3.8) is 0 Å². The number of likely N-dealkylation sites (tertiary alicyclic amines) is 1. The van der Waals surface area contributed by atoms with Gasteiger partial charge in [0, 0.05) is 6.54 Å². The van der Waals surface area contributed by atoms with E-state index in [-0.39, 0.29) is 29.9 Å². The molecule has 1 aromatic carbocycles. The van der Waals surface area contributed by atoms with E-state index < -0.39 is 11.7 Å². The normalized spacial score (nSPS) is 17.4. The van der Waals surface area contributed by atoms with Crippen molar-refractivity contribution in [3.05, 3.63) is 41.2 Å². The second-order valence-electron chi connectivity index (χ2n) is 9.27. The van der Waals surface area contributed by atoms with Crippen LogP contribution in [0.4, 0.5) is 13.2 Å². The third-order valence-electron chi connectivity index (χ3n) is 6.38. The second kappa shape index (κ2) is 15.4. The van der Waals surface area contributed by atoms with Crippen LogP contribution in [0.1, 0.15) is 96.1 Å². The van der Waals surface area contributed by atoms with Crippen LogP contribution in [0.3, 0.4) is 0 Å². The van der Waals surface area contributed by atoms with Crippen molar-refractivity contribution in [2.45, 2.75) is 97.2 Å². The second-order valence-corrected chi connectivity index (χ2v) is 9.27. The van der Waals surface area contributed by atoms with Crippen LogP contribution < -0.4 is 10.5 Å². The number of hydrogen-bond donors (Lipinski definition) is 2. The Kier molecular flexibility index (Phi) is 12.6. The maximum atomic E-state index is 13.8. The number of guanidine groups is 1. The van der Waals surface area contributed by atoms with Gasteiger partial charge < -0.3 is 25.4 Å². The Labute approximate surface area is 218 Å². The zero-order valence-corrected chi connectivity index (χ0v) is 22.2. The lowest BCUT2D eigenvalue weighted by Crippen LogP contribution is -2.41. The van der Waals surface area contributed by atoms with Crippen molar-refractivity contribution >= 4 is 11.7 Å². The zero-order chi connectivity index (χ0) is 27.3. The summed E-state index contributed by atoms with van der Waals surface area (Å²) in [5.41, 5.74) is 5.53.